The van der Waals surface area contributed by atoms with E-state index in [1.165, 1.54) is 0 Å². The molecule has 0 fully saturated rings. The Balaban J connectivity index is 1.88. The molecule has 1 N–H and O–H groups in total. The number of amides is 2. The minimum Gasteiger partial charge on any atom is -0.352 e. The van der Waals surface area contributed by atoms with Crippen LogP contribution in [0.3, 0.4) is 0 Å². The summed E-state index contributed by atoms with van der Waals surface area (Å²) in [7, 11) is -1.54. The molecule has 1 atom stereocenters. The van der Waals surface area contributed by atoms with Gasteiger partial charge in [0.25, 0.3) is 11.8 Å². The van der Waals surface area contributed by atoms with E-state index in [0.29, 0.717) is 39.7 Å². The van der Waals surface area contributed by atoms with Crippen LogP contribution in [0.4, 0.5) is 5.69 Å². The zero-order valence-corrected chi connectivity index (χ0v) is 19.3. The molecule has 1 heterocycles. The van der Waals surface area contributed by atoms with Gasteiger partial charge in [0.05, 0.1) is 38.4 Å². The lowest BCUT2D eigenvalue weighted by atomic mass is 10.0. The first kappa shape index (κ1) is 22.0. The fraction of sp³-hybridized carbons (Fsp3) is 0.231. The van der Waals surface area contributed by atoms with Gasteiger partial charge in [-0.15, -0.1) is 0 Å². The average molecular weight is 447 g/mol. The highest BCUT2D eigenvalue weighted by Gasteiger charge is 2.31. The molecule has 0 saturated carbocycles. The molecule has 0 aromatic heterocycles. The van der Waals surface area contributed by atoms with E-state index in [9.17, 15) is 13.8 Å². The lowest BCUT2D eigenvalue weighted by Gasteiger charge is -2.24. The van der Waals surface area contributed by atoms with Crippen LogP contribution in [0.15, 0.2) is 70.5 Å². The predicted molar refractivity (Wildman–Crippen MR) is 127 cm³/mol. The van der Waals surface area contributed by atoms with Gasteiger partial charge in [-0.3, -0.25) is 9.59 Å². The number of rotatable bonds is 5. The number of nitrogens with one attached hydrogen (secondary N) is 1. The molecule has 1 aliphatic rings. The van der Waals surface area contributed by atoms with Gasteiger partial charge in [-0.05, 0) is 61.7 Å². The van der Waals surface area contributed by atoms with Crippen molar-refractivity contribution in [1.29, 1.82) is 0 Å². The molecule has 3 aromatic carbocycles. The molecule has 4 rings (SSSR count). The first-order chi connectivity index (χ1) is 15.4. The molecule has 1 aliphatic heterocycles. The molecule has 0 bridgehead atoms. The quantitative estimate of drug-likeness (QED) is 0.614. The molecule has 6 heteroatoms. The summed E-state index contributed by atoms with van der Waals surface area (Å²) >= 11 is 0. The van der Waals surface area contributed by atoms with E-state index in [-0.39, 0.29) is 11.8 Å². The summed E-state index contributed by atoms with van der Waals surface area (Å²) in [4.78, 5) is 29.0. The number of benzene rings is 3. The summed E-state index contributed by atoms with van der Waals surface area (Å²) < 4.78 is 13.5. The monoisotopic (exact) mass is 446 g/mol. The third kappa shape index (κ3) is 4.10. The Kier molecular flexibility index (Phi) is 6.24. The third-order valence-electron chi connectivity index (χ3n) is 5.64. The Bertz CT molecular complexity index is 1240. The van der Waals surface area contributed by atoms with Crippen molar-refractivity contribution < 1.29 is 13.8 Å². The zero-order chi connectivity index (χ0) is 22.8. The number of fused-ring (bicyclic) bond motifs is 2. The van der Waals surface area contributed by atoms with Gasteiger partial charge in [-0.2, -0.15) is 0 Å². The summed E-state index contributed by atoms with van der Waals surface area (Å²) in [5, 5.41) is 2.87. The number of anilines is 1. The van der Waals surface area contributed by atoms with Crippen LogP contribution < -0.4 is 10.2 Å². The molecule has 0 spiro atoms. The van der Waals surface area contributed by atoms with Crippen molar-refractivity contribution in [2.24, 2.45) is 0 Å². The molecule has 0 aliphatic carbocycles. The number of hydrogen-bond donors (Lipinski definition) is 1. The molecule has 0 saturated heterocycles. The van der Waals surface area contributed by atoms with Crippen LogP contribution in [-0.2, 0) is 17.3 Å². The van der Waals surface area contributed by atoms with Crippen LogP contribution in [0.25, 0.3) is 0 Å². The summed E-state index contributed by atoms with van der Waals surface area (Å²) in [6, 6.07) is 18.2. The van der Waals surface area contributed by atoms with Gasteiger partial charge in [0.1, 0.15) is 0 Å². The standard InChI is InChI=1S/C26H26N2O3S/c1-4-13-27-25(29)19-11-12-24-22(15-19)28(16-20-14-17(2)9-10-18(20)3)26(30)21-7-5-6-8-23(21)32(24)31/h5-12,14-15H,4,13,16H2,1-3H3,(H,27,29)/t32-/m0/s1. The van der Waals surface area contributed by atoms with Gasteiger partial charge in [0.15, 0.2) is 0 Å². The summed E-state index contributed by atoms with van der Waals surface area (Å²) in [6.45, 7) is 6.91. The minimum absolute atomic E-state index is 0.207. The van der Waals surface area contributed by atoms with Gasteiger partial charge < -0.3 is 10.2 Å². The Hall–Kier alpha value is -3.25. The van der Waals surface area contributed by atoms with Gasteiger partial charge >= 0.3 is 0 Å². The topological polar surface area (TPSA) is 66.5 Å². The highest BCUT2D eigenvalue weighted by atomic mass is 32.2. The lowest BCUT2D eigenvalue weighted by molar-refractivity contribution is 0.0950. The van der Waals surface area contributed by atoms with Gasteiger partial charge in [0, 0.05) is 12.1 Å². The summed E-state index contributed by atoms with van der Waals surface area (Å²) in [5.74, 6) is -0.430. The van der Waals surface area contributed by atoms with Gasteiger partial charge in [-0.25, -0.2) is 4.21 Å². The third-order valence-corrected chi connectivity index (χ3v) is 7.14. The molecule has 3 aromatic rings. The highest BCUT2D eigenvalue weighted by molar-refractivity contribution is 7.85. The molecule has 5 nitrogen and oxygen atoms in total. The van der Waals surface area contributed by atoms with E-state index >= 15 is 0 Å². The van der Waals surface area contributed by atoms with Crippen molar-refractivity contribution in [1.82, 2.24) is 5.32 Å². The van der Waals surface area contributed by atoms with Crippen molar-refractivity contribution in [2.75, 3.05) is 11.4 Å². The number of aryl methyl sites for hydroxylation is 2. The smallest absolute Gasteiger partial charge is 0.259 e. The van der Waals surface area contributed by atoms with E-state index in [2.05, 4.69) is 11.4 Å². The Morgan fingerprint density at radius 2 is 1.78 bits per heavy atom. The van der Waals surface area contributed by atoms with E-state index in [0.717, 1.165) is 23.1 Å². The second-order valence-electron chi connectivity index (χ2n) is 8.02. The largest absolute Gasteiger partial charge is 0.352 e. The molecular weight excluding hydrogens is 420 g/mol. The Labute approximate surface area is 190 Å². The first-order valence-corrected chi connectivity index (χ1v) is 11.9. The fourth-order valence-electron chi connectivity index (χ4n) is 3.84. The average Bonchev–Trinajstić information content (AvgIpc) is 2.89. The van der Waals surface area contributed by atoms with Crippen LogP contribution in [0.1, 0.15) is 50.8 Å². The van der Waals surface area contributed by atoms with Gasteiger partial charge in [0.2, 0.25) is 0 Å². The van der Waals surface area contributed by atoms with Crippen molar-refractivity contribution in [3.63, 3.8) is 0 Å². The van der Waals surface area contributed by atoms with Crippen LogP contribution in [0.2, 0.25) is 0 Å². The number of carbonyl (C=O) groups is 2. The zero-order valence-electron chi connectivity index (χ0n) is 18.5. The maximum absolute atomic E-state index is 13.7. The van der Waals surface area contributed by atoms with Crippen molar-refractivity contribution >= 4 is 28.3 Å². The van der Waals surface area contributed by atoms with Crippen LogP contribution in [-0.4, -0.2) is 22.6 Å². The molecular formula is C26H26N2O3S. The Morgan fingerprint density at radius 3 is 2.56 bits per heavy atom. The SMILES string of the molecule is CCCNC(=O)c1ccc2c(c1)N(Cc1cc(C)ccc1C)C(=O)c1ccccc1[S@@]2=O. The second-order valence-corrected chi connectivity index (χ2v) is 9.44. The van der Waals surface area contributed by atoms with Crippen molar-refractivity contribution in [2.45, 2.75) is 43.5 Å². The molecule has 0 radical (unpaired) electrons. The molecule has 32 heavy (non-hydrogen) atoms. The van der Waals surface area contributed by atoms with Gasteiger partial charge in [-0.1, -0.05) is 42.8 Å². The van der Waals surface area contributed by atoms with E-state index < -0.39 is 10.8 Å². The number of carbonyl (C=O) groups excluding carboxylic acids is 2. The van der Waals surface area contributed by atoms with Crippen molar-refractivity contribution in [3.8, 4) is 0 Å². The van der Waals surface area contributed by atoms with Crippen LogP contribution in [0, 0.1) is 13.8 Å². The van der Waals surface area contributed by atoms with E-state index in [1.54, 1.807) is 47.4 Å². The summed E-state index contributed by atoms with van der Waals surface area (Å²) in [5.41, 5.74) is 4.55. The normalized spacial score (nSPS) is 15.0. The van der Waals surface area contributed by atoms with E-state index in [1.807, 2.05) is 32.9 Å². The fourth-order valence-corrected chi connectivity index (χ4v) is 5.19. The Morgan fingerprint density at radius 1 is 1.00 bits per heavy atom. The first-order valence-electron chi connectivity index (χ1n) is 10.7. The lowest BCUT2D eigenvalue weighted by Crippen LogP contribution is -2.31. The van der Waals surface area contributed by atoms with Crippen LogP contribution >= 0.6 is 0 Å². The second kappa shape index (κ2) is 9.09. The maximum atomic E-state index is 13.7. The minimum atomic E-state index is -1.54. The molecule has 0 unspecified atom stereocenters. The molecule has 164 valence electrons. The van der Waals surface area contributed by atoms with E-state index in [4.69, 9.17) is 0 Å². The highest BCUT2D eigenvalue weighted by Crippen LogP contribution is 2.36. The van der Waals surface area contributed by atoms with Crippen LogP contribution in [0.5, 0.6) is 0 Å². The predicted octanol–water partition coefficient (Wildman–Crippen LogP) is 4.77. The maximum Gasteiger partial charge on any atom is 0.259 e. The molecule has 2 amide bonds. The number of hydrogen-bond acceptors (Lipinski definition) is 3. The van der Waals surface area contributed by atoms with Crippen molar-refractivity contribution in [3.05, 3.63) is 88.5 Å². The summed E-state index contributed by atoms with van der Waals surface area (Å²) in [6.07, 6.45) is 0.827. The number of nitrogens with zero attached hydrogens (tertiary/aromatic N) is 1.